The van der Waals surface area contributed by atoms with Gasteiger partial charge < -0.3 is 20.1 Å². The molecule has 0 atom stereocenters. The van der Waals surface area contributed by atoms with Crippen molar-refractivity contribution in [3.63, 3.8) is 0 Å². The van der Waals surface area contributed by atoms with Gasteiger partial charge in [0.15, 0.2) is 0 Å². The van der Waals surface area contributed by atoms with Gasteiger partial charge in [-0.25, -0.2) is 0 Å². The fraction of sp³-hybridized carbons (Fsp3) is 0.333. The molecule has 0 aromatic rings. The van der Waals surface area contributed by atoms with E-state index in [0.29, 0.717) is 6.42 Å². The Kier molecular flexibility index (Phi) is 14.3. The summed E-state index contributed by atoms with van der Waals surface area (Å²) in [6.45, 7) is 15.7. The van der Waals surface area contributed by atoms with Gasteiger partial charge in [-0.2, -0.15) is 0 Å². The minimum atomic E-state index is -0.667. The van der Waals surface area contributed by atoms with Gasteiger partial charge in [0, 0.05) is 16.6 Å². The molecule has 0 amide bonds. The average molecular weight is 308 g/mol. The van der Waals surface area contributed by atoms with Crippen LogP contribution in [0.15, 0.2) is 74.3 Å². The predicted octanol–water partition coefficient (Wildman–Crippen LogP) is 2.87. The Hall–Kier alpha value is -1.88. The topological polar surface area (TPSA) is 69.9 Å². The molecule has 0 aromatic carbocycles. The van der Waals surface area contributed by atoms with Gasteiger partial charge in [0.25, 0.3) is 0 Å². The molecule has 0 heterocycles. The van der Waals surface area contributed by atoms with Crippen molar-refractivity contribution in [3.8, 4) is 0 Å². The Labute approximate surface area is 133 Å². The molecule has 0 aliphatic heterocycles. The number of aliphatic hydroxyl groups is 3. The van der Waals surface area contributed by atoms with Crippen LogP contribution in [0, 0.1) is 5.41 Å². The van der Waals surface area contributed by atoms with Crippen LogP contribution in [-0.4, -0.2) is 35.1 Å². The summed E-state index contributed by atoms with van der Waals surface area (Å²) in [6.07, 6.45) is 10.3. The van der Waals surface area contributed by atoms with Crippen LogP contribution >= 0.6 is 0 Å². The first-order chi connectivity index (χ1) is 10.5. The fourth-order valence-electron chi connectivity index (χ4n) is 1.04. The molecular weight excluding hydrogens is 280 g/mol. The molecule has 0 radical (unpaired) electrons. The smallest absolute Gasteiger partial charge is 0.0973 e. The monoisotopic (exact) mass is 308 g/mol. The Morgan fingerprint density at radius 3 is 1.27 bits per heavy atom. The molecule has 3 N–H and O–H groups in total. The molecule has 0 saturated carbocycles. The van der Waals surface area contributed by atoms with Crippen molar-refractivity contribution in [1.29, 1.82) is 0 Å². The third kappa shape index (κ3) is 9.13. The van der Waals surface area contributed by atoms with Crippen molar-refractivity contribution < 1.29 is 20.1 Å². The first kappa shape index (κ1) is 22.4. The van der Waals surface area contributed by atoms with Crippen molar-refractivity contribution in [2.24, 2.45) is 5.41 Å². The summed E-state index contributed by atoms with van der Waals surface area (Å²) in [5.74, 6) is 0. The van der Waals surface area contributed by atoms with Crippen LogP contribution in [0.3, 0.4) is 0 Å². The Bertz CT molecular complexity index is 336. The molecular formula is C18H28O4. The highest BCUT2D eigenvalue weighted by Gasteiger charge is 2.24. The van der Waals surface area contributed by atoms with E-state index in [0.717, 1.165) is 11.1 Å². The largest absolute Gasteiger partial charge is 0.471 e. The lowest BCUT2D eigenvalue weighted by molar-refractivity contribution is 0.00304. The lowest BCUT2D eigenvalue weighted by atomic mass is 9.88. The van der Waals surface area contributed by atoms with Crippen LogP contribution in [0.2, 0.25) is 0 Å². The molecule has 0 aliphatic rings. The van der Waals surface area contributed by atoms with Crippen LogP contribution in [-0.2, 0) is 4.74 Å². The second kappa shape index (κ2) is 14.1. The van der Waals surface area contributed by atoms with E-state index in [1.54, 1.807) is 36.8 Å². The minimum absolute atomic E-state index is 0.156. The number of hydrogen-bond acceptors (Lipinski definition) is 4. The highest BCUT2D eigenvalue weighted by atomic mass is 16.5. The molecule has 0 aliphatic carbocycles. The van der Waals surface area contributed by atoms with Crippen LogP contribution in [0.4, 0.5) is 0 Å². The van der Waals surface area contributed by atoms with E-state index in [-0.39, 0.29) is 19.8 Å². The molecule has 0 fully saturated rings. The van der Waals surface area contributed by atoms with Gasteiger partial charge in [-0.05, 0) is 6.42 Å². The van der Waals surface area contributed by atoms with Gasteiger partial charge in [-0.3, -0.25) is 0 Å². The lowest BCUT2D eigenvalue weighted by Gasteiger charge is -2.24. The maximum Gasteiger partial charge on any atom is 0.0973 e. The molecule has 0 rings (SSSR count). The van der Waals surface area contributed by atoms with Crippen molar-refractivity contribution >= 4 is 0 Å². The molecule has 0 unspecified atom stereocenters. The highest BCUT2D eigenvalue weighted by Crippen LogP contribution is 2.18. The maximum absolute atomic E-state index is 8.66. The van der Waals surface area contributed by atoms with Gasteiger partial charge >= 0.3 is 0 Å². The summed E-state index contributed by atoms with van der Waals surface area (Å²) < 4.78 is 5.11. The zero-order chi connectivity index (χ0) is 17.4. The van der Waals surface area contributed by atoms with E-state index < -0.39 is 5.41 Å². The van der Waals surface area contributed by atoms with Crippen LogP contribution < -0.4 is 0 Å². The van der Waals surface area contributed by atoms with Gasteiger partial charge in [0.1, 0.15) is 0 Å². The van der Waals surface area contributed by atoms with E-state index in [1.807, 2.05) is 6.92 Å². The van der Waals surface area contributed by atoms with Crippen molar-refractivity contribution in [3.05, 3.63) is 74.3 Å². The number of ether oxygens (including phenoxy) is 1. The van der Waals surface area contributed by atoms with E-state index in [9.17, 15) is 0 Å². The number of rotatable bonds is 10. The molecule has 0 aromatic heterocycles. The number of allylic oxidation sites excluding steroid dienone is 6. The van der Waals surface area contributed by atoms with Crippen LogP contribution in [0.25, 0.3) is 0 Å². The van der Waals surface area contributed by atoms with E-state index in [2.05, 4.69) is 26.3 Å². The lowest BCUT2D eigenvalue weighted by Crippen LogP contribution is -2.32. The summed E-state index contributed by atoms with van der Waals surface area (Å²) in [6, 6.07) is 0. The summed E-state index contributed by atoms with van der Waals surface area (Å²) in [5, 5.41) is 26.0. The van der Waals surface area contributed by atoms with Gasteiger partial charge in [-0.1, -0.05) is 57.5 Å². The standard InChI is InChI=1S/C12H14O.C6H14O3/c1-5-11(6-2)9-13-10-12(7-3)8-4;1-2-6(3-7,4-8)5-9/h5-10H,1-4H2;7-9H,2-5H2,1H3. The minimum Gasteiger partial charge on any atom is -0.471 e. The fourth-order valence-corrected chi connectivity index (χ4v) is 1.04. The van der Waals surface area contributed by atoms with Crippen LogP contribution in [0.1, 0.15) is 13.3 Å². The van der Waals surface area contributed by atoms with Crippen LogP contribution in [0.5, 0.6) is 0 Å². The molecule has 4 nitrogen and oxygen atoms in total. The summed E-state index contributed by atoms with van der Waals surface area (Å²) in [4.78, 5) is 0. The predicted molar refractivity (Wildman–Crippen MR) is 92.0 cm³/mol. The first-order valence-corrected chi connectivity index (χ1v) is 6.91. The highest BCUT2D eigenvalue weighted by molar-refractivity contribution is 5.27. The molecule has 4 heteroatoms. The number of aliphatic hydroxyl groups excluding tert-OH is 3. The summed E-state index contributed by atoms with van der Waals surface area (Å²) in [7, 11) is 0. The third-order valence-electron chi connectivity index (χ3n) is 3.11. The maximum atomic E-state index is 8.66. The normalized spacial score (nSPS) is 9.45. The van der Waals surface area contributed by atoms with Gasteiger partial charge in [-0.15, -0.1) is 0 Å². The summed E-state index contributed by atoms with van der Waals surface area (Å²) in [5.41, 5.74) is 0.979. The molecule has 0 spiro atoms. The Morgan fingerprint density at radius 1 is 0.818 bits per heavy atom. The van der Waals surface area contributed by atoms with Crippen molar-refractivity contribution in [2.45, 2.75) is 13.3 Å². The third-order valence-corrected chi connectivity index (χ3v) is 3.11. The number of hydrogen-bond donors (Lipinski definition) is 3. The summed E-state index contributed by atoms with van der Waals surface area (Å²) >= 11 is 0. The molecule has 22 heavy (non-hydrogen) atoms. The Balaban J connectivity index is 0. The van der Waals surface area contributed by atoms with E-state index in [4.69, 9.17) is 20.1 Å². The molecule has 0 bridgehead atoms. The van der Waals surface area contributed by atoms with E-state index >= 15 is 0 Å². The first-order valence-electron chi connectivity index (χ1n) is 6.91. The van der Waals surface area contributed by atoms with Gasteiger partial charge in [0.2, 0.25) is 0 Å². The molecule has 124 valence electrons. The van der Waals surface area contributed by atoms with Gasteiger partial charge in [0.05, 0.1) is 32.3 Å². The average Bonchev–Trinajstić information content (AvgIpc) is 2.58. The zero-order valence-corrected chi connectivity index (χ0v) is 13.4. The zero-order valence-electron chi connectivity index (χ0n) is 13.4. The molecule has 0 saturated heterocycles. The second-order valence-corrected chi connectivity index (χ2v) is 4.52. The van der Waals surface area contributed by atoms with E-state index in [1.165, 1.54) is 0 Å². The second-order valence-electron chi connectivity index (χ2n) is 4.52. The Morgan fingerprint density at radius 2 is 1.14 bits per heavy atom. The SMILES string of the molecule is C=CC(C=C)=COC=C(C=C)C=C.CCC(CO)(CO)CO. The quantitative estimate of drug-likeness (QED) is 0.429. The van der Waals surface area contributed by atoms with Crippen molar-refractivity contribution in [1.82, 2.24) is 0 Å². The van der Waals surface area contributed by atoms with Crippen molar-refractivity contribution in [2.75, 3.05) is 19.8 Å².